The molecule has 0 unspecified atom stereocenters. The van der Waals surface area contributed by atoms with Crippen LogP contribution in [0.5, 0.6) is 5.88 Å². The second kappa shape index (κ2) is 7.94. The van der Waals surface area contributed by atoms with E-state index in [2.05, 4.69) is 15.3 Å². The summed E-state index contributed by atoms with van der Waals surface area (Å²) in [6, 6.07) is 8.17. The SMILES string of the molecule is O=C(O)c1ccc(Nc2cc(OC3CC3)ncn2)cc1.OCC1CC1. The normalized spacial score (nSPS) is 15.7. The molecule has 4 rings (SSSR count). The van der Waals surface area contributed by atoms with Gasteiger partial charge < -0.3 is 20.3 Å². The van der Waals surface area contributed by atoms with Gasteiger partial charge in [0, 0.05) is 18.4 Å². The van der Waals surface area contributed by atoms with E-state index in [1.54, 1.807) is 18.2 Å². The Balaban J connectivity index is 0.000000314. The number of hydrogen-bond acceptors (Lipinski definition) is 6. The second-order valence-electron chi connectivity index (χ2n) is 6.19. The van der Waals surface area contributed by atoms with Crippen LogP contribution in [0.1, 0.15) is 36.0 Å². The Morgan fingerprint density at radius 1 is 1.16 bits per heavy atom. The molecule has 2 fully saturated rings. The molecule has 1 aromatic heterocycles. The highest BCUT2D eigenvalue weighted by Gasteiger charge is 2.24. The quantitative estimate of drug-likeness (QED) is 0.740. The first kappa shape index (κ1) is 17.2. The highest BCUT2D eigenvalue weighted by molar-refractivity contribution is 5.88. The number of carbonyl (C=O) groups is 1. The fourth-order valence-corrected chi connectivity index (χ4v) is 1.97. The number of nitrogens with one attached hydrogen (secondary N) is 1. The third-order valence-electron chi connectivity index (χ3n) is 3.81. The van der Waals surface area contributed by atoms with E-state index >= 15 is 0 Å². The zero-order chi connectivity index (χ0) is 17.6. The monoisotopic (exact) mass is 343 g/mol. The number of aromatic carboxylic acids is 1. The van der Waals surface area contributed by atoms with Crippen molar-refractivity contribution in [3.05, 3.63) is 42.2 Å². The zero-order valence-electron chi connectivity index (χ0n) is 13.8. The summed E-state index contributed by atoms with van der Waals surface area (Å²) in [7, 11) is 0. The van der Waals surface area contributed by atoms with Crippen molar-refractivity contribution in [2.45, 2.75) is 31.8 Å². The van der Waals surface area contributed by atoms with Crippen molar-refractivity contribution in [3.8, 4) is 5.88 Å². The van der Waals surface area contributed by atoms with Crippen molar-refractivity contribution < 1.29 is 19.7 Å². The van der Waals surface area contributed by atoms with Gasteiger partial charge in [0.05, 0.1) is 5.56 Å². The van der Waals surface area contributed by atoms with Crippen LogP contribution in [0.4, 0.5) is 11.5 Å². The molecular formula is C18H21N3O4. The largest absolute Gasteiger partial charge is 0.478 e. The average Bonchev–Trinajstić information content (AvgIpc) is 3.51. The molecule has 0 bridgehead atoms. The predicted molar refractivity (Wildman–Crippen MR) is 92.2 cm³/mol. The lowest BCUT2D eigenvalue weighted by molar-refractivity contribution is 0.0697. The van der Waals surface area contributed by atoms with Crippen molar-refractivity contribution in [3.63, 3.8) is 0 Å². The molecule has 0 atom stereocenters. The van der Waals surface area contributed by atoms with E-state index in [0.29, 0.717) is 24.2 Å². The summed E-state index contributed by atoms with van der Waals surface area (Å²) in [4.78, 5) is 18.9. The Hall–Kier alpha value is -2.67. The smallest absolute Gasteiger partial charge is 0.335 e. The molecule has 0 spiro atoms. The fourth-order valence-electron chi connectivity index (χ4n) is 1.97. The minimum absolute atomic E-state index is 0.246. The van der Waals surface area contributed by atoms with Crippen molar-refractivity contribution >= 4 is 17.5 Å². The van der Waals surface area contributed by atoms with Crippen molar-refractivity contribution in [2.75, 3.05) is 11.9 Å². The van der Waals surface area contributed by atoms with E-state index < -0.39 is 5.97 Å². The van der Waals surface area contributed by atoms with E-state index in [9.17, 15) is 4.79 Å². The molecule has 1 aromatic carbocycles. The van der Waals surface area contributed by atoms with Crippen LogP contribution >= 0.6 is 0 Å². The summed E-state index contributed by atoms with van der Waals surface area (Å²) in [5.74, 6) is 0.902. The van der Waals surface area contributed by atoms with Gasteiger partial charge in [-0.2, -0.15) is 0 Å². The molecule has 7 heteroatoms. The highest BCUT2D eigenvalue weighted by Crippen LogP contribution is 2.27. The first-order valence-corrected chi connectivity index (χ1v) is 8.34. The van der Waals surface area contributed by atoms with E-state index in [1.165, 1.54) is 31.3 Å². The van der Waals surface area contributed by atoms with Crippen LogP contribution in [0.3, 0.4) is 0 Å². The number of benzene rings is 1. The number of ether oxygens (including phenoxy) is 1. The van der Waals surface area contributed by atoms with Gasteiger partial charge in [0.1, 0.15) is 18.2 Å². The maximum atomic E-state index is 10.8. The minimum Gasteiger partial charge on any atom is -0.478 e. The van der Waals surface area contributed by atoms with Gasteiger partial charge >= 0.3 is 5.97 Å². The van der Waals surface area contributed by atoms with Gasteiger partial charge in [-0.25, -0.2) is 14.8 Å². The van der Waals surface area contributed by atoms with Crippen LogP contribution in [0.25, 0.3) is 0 Å². The minimum atomic E-state index is -0.946. The van der Waals surface area contributed by atoms with Crippen LogP contribution in [0.2, 0.25) is 0 Å². The van der Waals surface area contributed by atoms with Gasteiger partial charge in [-0.15, -0.1) is 0 Å². The fraction of sp³-hybridized carbons (Fsp3) is 0.389. The van der Waals surface area contributed by atoms with Crippen molar-refractivity contribution in [1.29, 1.82) is 0 Å². The van der Waals surface area contributed by atoms with Gasteiger partial charge in [0.25, 0.3) is 0 Å². The third kappa shape index (κ3) is 5.72. The molecule has 0 aliphatic heterocycles. The van der Waals surface area contributed by atoms with E-state index in [1.807, 2.05) is 0 Å². The number of aromatic nitrogens is 2. The summed E-state index contributed by atoms with van der Waals surface area (Å²) < 4.78 is 5.59. The van der Waals surface area contributed by atoms with Gasteiger partial charge in [-0.3, -0.25) is 0 Å². The average molecular weight is 343 g/mol. The molecule has 0 amide bonds. The Morgan fingerprint density at radius 3 is 2.40 bits per heavy atom. The molecule has 132 valence electrons. The van der Waals surface area contributed by atoms with Gasteiger partial charge in [0.2, 0.25) is 5.88 Å². The van der Waals surface area contributed by atoms with Crippen LogP contribution < -0.4 is 10.1 Å². The molecule has 2 aromatic rings. The number of anilines is 2. The molecular weight excluding hydrogens is 322 g/mol. The second-order valence-corrected chi connectivity index (χ2v) is 6.19. The Labute approximate surface area is 145 Å². The standard InChI is InChI=1S/C14H13N3O3.C4H8O/c18-14(19)9-1-3-10(4-2-9)17-12-7-13(16-8-15-12)20-11-5-6-11;5-3-4-1-2-4/h1-4,7-8,11H,5-6H2,(H,18,19)(H,15,16,17);4-5H,1-3H2. The lowest BCUT2D eigenvalue weighted by atomic mass is 10.2. The first-order chi connectivity index (χ1) is 12.1. The number of nitrogens with zero attached hydrogens (tertiary/aromatic N) is 2. The number of hydrogen-bond donors (Lipinski definition) is 3. The zero-order valence-corrected chi connectivity index (χ0v) is 13.8. The molecule has 1 heterocycles. The molecule has 3 N–H and O–H groups in total. The number of aliphatic hydroxyl groups is 1. The predicted octanol–water partition coefficient (Wildman–Crippen LogP) is 2.85. The van der Waals surface area contributed by atoms with Gasteiger partial charge in [0.15, 0.2) is 0 Å². The number of carboxylic acid groups (broad SMARTS) is 1. The molecule has 0 saturated heterocycles. The van der Waals surface area contributed by atoms with E-state index in [-0.39, 0.29) is 11.7 Å². The number of rotatable bonds is 6. The van der Waals surface area contributed by atoms with E-state index in [4.69, 9.17) is 14.9 Å². The Bertz CT molecular complexity index is 713. The molecule has 7 nitrogen and oxygen atoms in total. The van der Waals surface area contributed by atoms with Gasteiger partial charge in [-0.05, 0) is 55.9 Å². The Kier molecular flexibility index (Phi) is 5.45. The van der Waals surface area contributed by atoms with Crippen molar-refractivity contribution in [1.82, 2.24) is 9.97 Å². The third-order valence-corrected chi connectivity index (χ3v) is 3.81. The summed E-state index contributed by atoms with van der Waals surface area (Å²) in [5.41, 5.74) is 1.00. The van der Waals surface area contributed by atoms with Crippen molar-refractivity contribution in [2.24, 2.45) is 5.92 Å². The molecule has 25 heavy (non-hydrogen) atoms. The molecule has 2 aliphatic rings. The van der Waals surface area contributed by atoms with Crippen LogP contribution in [-0.4, -0.2) is 38.9 Å². The Morgan fingerprint density at radius 2 is 1.88 bits per heavy atom. The first-order valence-electron chi connectivity index (χ1n) is 8.34. The summed E-state index contributed by atoms with van der Waals surface area (Å²) in [6.45, 7) is 0.417. The van der Waals surface area contributed by atoms with Gasteiger partial charge in [-0.1, -0.05) is 0 Å². The lowest BCUT2D eigenvalue weighted by Crippen LogP contribution is -2.01. The summed E-state index contributed by atoms with van der Waals surface area (Å²) in [6.07, 6.45) is 6.39. The highest BCUT2D eigenvalue weighted by atomic mass is 16.5. The number of carboxylic acids is 1. The number of aliphatic hydroxyl groups excluding tert-OH is 1. The summed E-state index contributed by atoms with van der Waals surface area (Å²) >= 11 is 0. The lowest BCUT2D eigenvalue weighted by Gasteiger charge is -2.07. The maximum absolute atomic E-state index is 10.8. The van der Waals surface area contributed by atoms with Crippen LogP contribution in [0, 0.1) is 5.92 Å². The summed E-state index contributed by atoms with van der Waals surface area (Å²) in [5, 5.41) is 20.1. The van der Waals surface area contributed by atoms with E-state index in [0.717, 1.165) is 18.5 Å². The molecule has 2 aliphatic carbocycles. The van der Waals surface area contributed by atoms with Crippen LogP contribution in [-0.2, 0) is 0 Å². The molecule has 0 radical (unpaired) electrons. The molecule has 2 saturated carbocycles. The topological polar surface area (TPSA) is 105 Å². The van der Waals surface area contributed by atoms with Crippen LogP contribution in [0.15, 0.2) is 36.7 Å². The maximum Gasteiger partial charge on any atom is 0.335 e.